The molecule has 0 aliphatic carbocycles. The average Bonchev–Trinajstić information content (AvgIpc) is 3.15. The van der Waals surface area contributed by atoms with Crippen LogP contribution in [0.1, 0.15) is 16.7 Å². The molecule has 0 saturated carbocycles. The first-order valence-corrected chi connectivity index (χ1v) is 9.38. The Morgan fingerprint density at radius 1 is 1.03 bits per heavy atom. The molecular weight excluding hydrogens is 370 g/mol. The van der Waals surface area contributed by atoms with Gasteiger partial charge in [-0.25, -0.2) is 4.79 Å². The summed E-state index contributed by atoms with van der Waals surface area (Å²) < 4.78 is 10.8. The summed E-state index contributed by atoms with van der Waals surface area (Å²) in [5.41, 5.74) is 3.14. The maximum atomic E-state index is 12.8. The van der Waals surface area contributed by atoms with E-state index in [1.807, 2.05) is 49.4 Å². The molecule has 2 aromatic carbocycles. The van der Waals surface area contributed by atoms with Gasteiger partial charge in [-0.2, -0.15) is 0 Å². The molecule has 29 heavy (non-hydrogen) atoms. The predicted molar refractivity (Wildman–Crippen MR) is 110 cm³/mol. The van der Waals surface area contributed by atoms with Crippen LogP contribution in [-0.4, -0.2) is 41.7 Å². The molecule has 150 valence electrons. The fraction of sp³-hybridized carbons (Fsp3) is 0.273. The van der Waals surface area contributed by atoms with Gasteiger partial charge in [0.15, 0.2) is 11.5 Å². The monoisotopic (exact) mass is 393 g/mol. The quantitative estimate of drug-likeness (QED) is 0.738. The number of pyridine rings is 1. The van der Waals surface area contributed by atoms with Crippen molar-refractivity contribution in [2.24, 2.45) is 0 Å². The van der Waals surface area contributed by atoms with Crippen LogP contribution in [0.25, 0.3) is 10.9 Å². The lowest BCUT2D eigenvalue weighted by Crippen LogP contribution is -2.39. The van der Waals surface area contributed by atoms with Crippen molar-refractivity contribution in [2.75, 3.05) is 20.9 Å². The molecule has 1 aliphatic heterocycles. The summed E-state index contributed by atoms with van der Waals surface area (Å²) >= 11 is 0. The van der Waals surface area contributed by atoms with Gasteiger partial charge in [-0.15, -0.1) is 0 Å². The highest BCUT2D eigenvalue weighted by atomic mass is 16.7. The fourth-order valence-corrected chi connectivity index (χ4v) is 3.43. The van der Waals surface area contributed by atoms with Crippen molar-refractivity contribution >= 4 is 16.9 Å². The van der Waals surface area contributed by atoms with Crippen LogP contribution in [0.3, 0.4) is 0 Å². The van der Waals surface area contributed by atoms with Crippen molar-refractivity contribution in [2.45, 2.75) is 20.0 Å². The number of urea groups is 1. The summed E-state index contributed by atoms with van der Waals surface area (Å²) in [4.78, 5) is 31.5. The van der Waals surface area contributed by atoms with Crippen molar-refractivity contribution in [3.8, 4) is 11.5 Å². The van der Waals surface area contributed by atoms with E-state index in [2.05, 4.69) is 4.98 Å². The number of aromatic amines is 1. The molecule has 7 nitrogen and oxygen atoms in total. The lowest BCUT2D eigenvalue weighted by Gasteiger charge is -2.26. The highest BCUT2D eigenvalue weighted by molar-refractivity contribution is 5.80. The van der Waals surface area contributed by atoms with Crippen LogP contribution >= 0.6 is 0 Å². The minimum Gasteiger partial charge on any atom is -0.454 e. The second-order valence-corrected chi connectivity index (χ2v) is 7.44. The standard InChI is InChI=1S/C22H23N3O4/c1-14-4-6-18-16(8-14)10-17(21(26)23-18)12-25(22(27)24(2)3)11-15-5-7-19-20(9-15)29-13-28-19/h4-10H,11-13H2,1-3H3,(H,23,26). The number of nitrogens with one attached hydrogen (secondary N) is 1. The van der Waals surface area contributed by atoms with Crippen LogP contribution < -0.4 is 15.0 Å². The van der Waals surface area contributed by atoms with Gasteiger partial charge in [0.25, 0.3) is 5.56 Å². The largest absolute Gasteiger partial charge is 0.454 e. The maximum absolute atomic E-state index is 12.8. The SMILES string of the molecule is Cc1ccc2[nH]c(=O)c(CN(Cc3ccc4c(c3)OCO4)C(=O)N(C)C)cc2c1. The third kappa shape index (κ3) is 3.89. The highest BCUT2D eigenvalue weighted by Crippen LogP contribution is 2.33. The number of aromatic nitrogens is 1. The van der Waals surface area contributed by atoms with Crippen LogP contribution in [-0.2, 0) is 13.1 Å². The van der Waals surface area contributed by atoms with Gasteiger partial charge in [0, 0.05) is 31.7 Å². The zero-order valence-corrected chi connectivity index (χ0v) is 16.7. The molecule has 0 fully saturated rings. The number of H-pyrrole nitrogens is 1. The number of amides is 2. The van der Waals surface area contributed by atoms with Crippen molar-refractivity contribution in [3.63, 3.8) is 0 Å². The zero-order chi connectivity index (χ0) is 20.5. The van der Waals surface area contributed by atoms with Crippen LogP contribution in [0.5, 0.6) is 11.5 Å². The fourth-order valence-electron chi connectivity index (χ4n) is 3.43. The van der Waals surface area contributed by atoms with Gasteiger partial charge in [-0.05, 0) is 48.2 Å². The third-order valence-corrected chi connectivity index (χ3v) is 4.90. The number of rotatable bonds is 4. The van der Waals surface area contributed by atoms with E-state index in [9.17, 15) is 9.59 Å². The Labute approximate surface area is 168 Å². The Bertz CT molecular complexity index is 1140. The molecule has 1 aromatic heterocycles. The maximum Gasteiger partial charge on any atom is 0.320 e. The van der Waals surface area contributed by atoms with Crippen LogP contribution in [0.4, 0.5) is 4.79 Å². The number of carbonyl (C=O) groups excluding carboxylic acids is 1. The molecule has 0 bridgehead atoms. The molecule has 0 atom stereocenters. The minimum absolute atomic E-state index is 0.175. The summed E-state index contributed by atoms with van der Waals surface area (Å²) in [6.07, 6.45) is 0. The molecule has 2 amide bonds. The van der Waals surface area contributed by atoms with Crippen LogP contribution in [0.15, 0.2) is 47.3 Å². The van der Waals surface area contributed by atoms with E-state index < -0.39 is 0 Å². The first-order chi connectivity index (χ1) is 13.9. The Kier molecular flexibility index (Phi) is 4.88. The summed E-state index contributed by atoms with van der Waals surface area (Å²) in [6, 6.07) is 13.2. The number of nitrogens with zero attached hydrogens (tertiary/aromatic N) is 2. The molecule has 1 N–H and O–H groups in total. The van der Waals surface area contributed by atoms with Gasteiger partial charge >= 0.3 is 6.03 Å². The first-order valence-electron chi connectivity index (χ1n) is 9.38. The van der Waals surface area contributed by atoms with Gasteiger partial charge in [0.05, 0.1) is 6.54 Å². The van der Waals surface area contributed by atoms with Gasteiger partial charge in [0.2, 0.25) is 6.79 Å². The number of hydrogen-bond acceptors (Lipinski definition) is 4. The molecule has 7 heteroatoms. The topological polar surface area (TPSA) is 74.9 Å². The van der Waals surface area contributed by atoms with Crippen molar-refractivity contribution in [1.29, 1.82) is 0 Å². The van der Waals surface area contributed by atoms with Crippen molar-refractivity contribution in [1.82, 2.24) is 14.8 Å². The van der Waals surface area contributed by atoms with E-state index in [-0.39, 0.29) is 24.9 Å². The Morgan fingerprint density at radius 2 is 1.83 bits per heavy atom. The second kappa shape index (κ2) is 7.50. The predicted octanol–water partition coefficient (Wildman–Crippen LogP) is 3.25. The minimum atomic E-state index is -0.191. The van der Waals surface area contributed by atoms with Gasteiger partial charge < -0.3 is 24.3 Å². The molecule has 0 unspecified atom stereocenters. The van der Waals surface area contributed by atoms with E-state index in [1.165, 1.54) is 4.90 Å². The summed E-state index contributed by atoms with van der Waals surface area (Å²) in [5, 5.41) is 0.944. The number of fused-ring (bicyclic) bond motifs is 2. The van der Waals surface area contributed by atoms with Crippen LogP contribution in [0.2, 0.25) is 0 Å². The number of hydrogen-bond donors (Lipinski definition) is 1. The lowest BCUT2D eigenvalue weighted by atomic mass is 10.1. The average molecular weight is 393 g/mol. The molecule has 2 heterocycles. The third-order valence-electron chi connectivity index (χ3n) is 4.90. The van der Waals surface area contributed by atoms with Gasteiger partial charge in [-0.3, -0.25) is 4.79 Å². The molecule has 0 radical (unpaired) electrons. The summed E-state index contributed by atoms with van der Waals surface area (Å²) in [6.45, 7) is 2.75. The first kappa shape index (κ1) is 18.9. The van der Waals surface area contributed by atoms with Crippen molar-refractivity contribution < 1.29 is 14.3 Å². The molecule has 0 saturated heterocycles. The lowest BCUT2D eigenvalue weighted by molar-refractivity contribution is 0.165. The molecule has 0 spiro atoms. The number of benzene rings is 2. The van der Waals surface area contributed by atoms with E-state index in [0.29, 0.717) is 23.6 Å². The molecule has 1 aliphatic rings. The van der Waals surface area contributed by atoms with E-state index in [1.54, 1.807) is 19.0 Å². The number of aryl methyl sites for hydroxylation is 1. The Morgan fingerprint density at radius 3 is 2.62 bits per heavy atom. The molecule has 3 aromatic rings. The normalized spacial score (nSPS) is 12.2. The number of ether oxygens (including phenoxy) is 2. The van der Waals surface area contributed by atoms with E-state index in [0.717, 1.165) is 22.0 Å². The number of carbonyl (C=O) groups is 1. The van der Waals surface area contributed by atoms with Crippen LogP contribution in [0, 0.1) is 6.92 Å². The highest BCUT2D eigenvalue weighted by Gasteiger charge is 2.20. The summed E-state index contributed by atoms with van der Waals surface area (Å²) in [5.74, 6) is 1.36. The Hall–Kier alpha value is -3.48. The Balaban J connectivity index is 1.65. The molecular formula is C22H23N3O4. The second-order valence-electron chi connectivity index (χ2n) is 7.44. The van der Waals surface area contributed by atoms with Crippen molar-refractivity contribution in [3.05, 3.63) is 69.5 Å². The summed E-state index contributed by atoms with van der Waals surface area (Å²) in [7, 11) is 3.39. The van der Waals surface area contributed by atoms with Gasteiger partial charge in [-0.1, -0.05) is 17.7 Å². The van der Waals surface area contributed by atoms with E-state index >= 15 is 0 Å². The zero-order valence-electron chi connectivity index (χ0n) is 16.7. The van der Waals surface area contributed by atoms with E-state index in [4.69, 9.17) is 9.47 Å². The smallest absolute Gasteiger partial charge is 0.320 e. The molecule has 4 rings (SSSR count). The van der Waals surface area contributed by atoms with Gasteiger partial charge in [0.1, 0.15) is 0 Å².